The van der Waals surface area contributed by atoms with Gasteiger partial charge < -0.3 is 15.5 Å². The molecule has 3 rings (SSSR count). The van der Waals surface area contributed by atoms with Crippen LogP contribution in [-0.4, -0.2) is 42.9 Å². The topological polar surface area (TPSA) is 61.4 Å². The molecule has 0 bridgehead atoms. The van der Waals surface area contributed by atoms with E-state index in [9.17, 15) is 9.59 Å². The molecule has 0 aromatic heterocycles. The van der Waals surface area contributed by atoms with Gasteiger partial charge in [0.1, 0.15) is 0 Å². The molecule has 1 aliphatic heterocycles. The molecule has 1 heterocycles. The van der Waals surface area contributed by atoms with E-state index in [1.165, 1.54) is 0 Å². The molecule has 1 fully saturated rings. The van der Waals surface area contributed by atoms with Crippen molar-refractivity contribution < 1.29 is 9.59 Å². The minimum Gasteiger partial charge on any atom is -0.345 e. The van der Waals surface area contributed by atoms with Gasteiger partial charge in [-0.2, -0.15) is 0 Å². The summed E-state index contributed by atoms with van der Waals surface area (Å²) < 4.78 is 0. The highest BCUT2D eigenvalue weighted by Crippen LogP contribution is 2.20. The maximum atomic E-state index is 12.8. The van der Waals surface area contributed by atoms with Crippen molar-refractivity contribution in [3.63, 3.8) is 0 Å². The predicted molar refractivity (Wildman–Crippen MR) is 114 cm³/mol. The lowest BCUT2D eigenvalue weighted by Gasteiger charge is -2.27. The fourth-order valence-corrected chi connectivity index (χ4v) is 3.38. The number of rotatable bonds is 6. The summed E-state index contributed by atoms with van der Waals surface area (Å²) >= 11 is 0. The summed E-state index contributed by atoms with van der Waals surface area (Å²) in [4.78, 5) is 27.3. The van der Waals surface area contributed by atoms with Gasteiger partial charge in [-0.15, -0.1) is 12.4 Å². The fraction of sp³-hybridized carbons (Fsp3) is 0.364. The second-order valence-corrected chi connectivity index (χ2v) is 7.16. The first kappa shape index (κ1) is 21.9. The molecule has 2 N–H and O–H groups in total. The minimum absolute atomic E-state index is 0. The first-order valence-corrected chi connectivity index (χ1v) is 9.43. The molecule has 28 heavy (non-hydrogen) atoms. The Labute approximate surface area is 172 Å². The molecule has 2 aromatic carbocycles. The van der Waals surface area contributed by atoms with Gasteiger partial charge in [0, 0.05) is 25.2 Å². The second-order valence-electron chi connectivity index (χ2n) is 7.16. The number of carbonyl (C=O) groups excluding carboxylic acids is 2. The molecule has 1 aliphatic rings. The summed E-state index contributed by atoms with van der Waals surface area (Å²) in [5.74, 6) is -0.122. The van der Waals surface area contributed by atoms with Gasteiger partial charge in [-0.05, 0) is 37.6 Å². The van der Waals surface area contributed by atoms with Gasteiger partial charge in [0.15, 0.2) is 0 Å². The molecule has 0 spiro atoms. The first-order chi connectivity index (χ1) is 13.0. The summed E-state index contributed by atoms with van der Waals surface area (Å²) in [5, 5.41) is 6.33. The third kappa shape index (κ3) is 5.57. The maximum Gasteiger partial charge on any atom is 0.251 e. The zero-order valence-corrected chi connectivity index (χ0v) is 17.2. The summed E-state index contributed by atoms with van der Waals surface area (Å²) in [7, 11) is 1.85. The number of halogens is 1. The smallest absolute Gasteiger partial charge is 0.251 e. The SMILES string of the molecule is Cc1ccc(C(=O)NC(CC(=O)N(C)C2CCNC2)c2ccccc2)cc1.Cl. The van der Waals surface area contributed by atoms with Crippen LogP contribution in [0.25, 0.3) is 0 Å². The molecule has 0 aliphatic carbocycles. The van der Waals surface area contributed by atoms with E-state index < -0.39 is 0 Å². The number of nitrogens with one attached hydrogen (secondary N) is 2. The highest BCUT2D eigenvalue weighted by Gasteiger charge is 2.26. The van der Waals surface area contributed by atoms with Crippen molar-refractivity contribution in [3.05, 3.63) is 71.3 Å². The molecule has 2 atom stereocenters. The lowest BCUT2D eigenvalue weighted by atomic mass is 10.0. The van der Waals surface area contributed by atoms with Crippen molar-refractivity contribution in [1.29, 1.82) is 0 Å². The fourth-order valence-electron chi connectivity index (χ4n) is 3.38. The molecular formula is C22H28ClN3O2. The van der Waals surface area contributed by atoms with Crippen molar-refractivity contribution in [2.45, 2.75) is 31.8 Å². The molecule has 0 radical (unpaired) electrons. The zero-order valence-electron chi connectivity index (χ0n) is 16.4. The van der Waals surface area contributed by atoms with Crippen LogP contribution in [0.3, 0.4) is 0 Å². The van der Waals surface area contributed by atoms with Crippen LogP contribution in [0.15, 0.2) is 54.6 Å². The molecular weight excluding hydrogens is 374 g/mol. The van der Waals surface area contributed by atoms with Crippen molar-refractivity contribution in [1.82, 2.24) is 15.5 Å². The second kappa shape index (κ2) is 10.2. The van der Waals surface area contributed by atoms with Crippen molar-refractivity contribution in [3.8, 4) is 0 Å². The van der Waals surface area contributed by atoms with Crippen LogP contribution in [0.5, 0.6) is 0 Å². The average Bonchev–Trinajstić information content (AvgIpc) is 3.22. The van der Waals surface area contributed by atoms with E-state index in [-0.39, 0.29) is 42.7 Å². The summed E-state index contributed by atoms with van der Waals surface area (Å²) in [5.41, 5.74) is 2.64. The summed E-state index contributed by atoms with van der Waals surface area (Å²) in [6.07, 6.45) is 1.21. The number of benzene rings is 2. The Morgan fingerprint density at radius 2 is 1.82 bits per heavy atom. The van der Waals surface area contributed by atoms with Gasteiger partial charge in [-0.1, -0.05) is 48.0 Å². The van der Waals surface area contributed by atoms with E-state index in [1.54, 1.807) is 0 Å². The average molecular weight is 402 g/mol. The van der Waals surface area contributed by atoms with E-state index >= 15 is 0 Å². The molecule has 2 unspecified atom stereocenters. The molecule has 150 valence electrons. The van der Waals surface area contributed by atoms with Crippen LogP contribution in [-0.2, 0) is 4.79 Å². The van der Waals surface area contributed by atoms with Crippen molar-refractivity contribution >= 4 is 24.2 Å². The Morgan fingerprint density at radius 1 is 1.14 bits per heavy atom. The Kier molecular flexibility index (Phi) is 8.03. The van der Waals surface area contributed by atoms with Crippen molar-refractivity contribution in [2.75, 3.05) is 20.1 Å². The monoisotopic (exact) mass is 401 g/mol. The zero-order chi connectivity index (χ0) is 19.2. The quantitative estimate of drug-likeness (QED) is 0.781. The lowest BCUT2D eigenvalue weighted by Crippen LogP contribution is -2.41. The van der Waals surface area contributed by atoms with E-state index in [0.29, 0.717) is 5.56 Å². The normalized spacial score (nSPS) is 16.7. The minimum atomic E-state index is -0.357. The van der Waals surface area contributed by atoms with E-state index in [1.807, 2.05) is 73.5 Å². The van der Waals surface area contributed by atoms with Gasteiger partial charge in [-0.3, -0.25) is 9.59 Å². The molecule has 5 nitrogen and oxygen atoms in total. The number of likely N-dealkylation sites (N-methyl/N-ethyl adjacent to an activating group) is 1. The number of hydrogen-bond acceptors (Lipinski definition) is 3. The first-order valence-electron chi connectivity index (χ1n) is 9.43. The van der Waals surface area contributed by atoms with Crippen LogP contribution < -0.4 is 10.6 Å². The number of amides is 2. The maximum absolute atomic E-state index is 12.8. The van der Waals surface area contributed by atoms with Crippen LogP contribution in [0.1, 0.15) is 40.4 Å². The molecule has 0 saturated carbocycles. The summed E-state index contributed by atoms with van der Waals surface area (Å²) in [6.45, 7) is 3.75. The number of hydrogen-bond donors (Lipinski definition) is 2. The van der Waals surface area contributed by atoms with Crippen molar-refractivity contribution in [2.24, 2.45) is 0 Å². The Hall–Kier alpha value is -2.37. The Balaban J connectivity index is 0.00000280. The van der Waals surface area contributed by atoms with Crippen LogP contribution in [0.4, 0.5) is 0 Å². The Morgan fingerprint density at radius 3 is 2.43 bits per heavy atom. The van der Waals surface area contributed by atoms with Gasteiger partial charge in [0.05, 0.1) is 12.5 Å². The molecule has 1 saturated heterocycles. The molecule has 2 amide bonds. The lowest BCUT2D eigenvalue weighted by molar-refractivity contribution is -0.132. The third-order valence-corrected chi connectivity index (χ3v) is 5.18. The van der Waals surface area contributed by atoms with Gasteiger partial charge in [0.25, 0.3) is 5.91 Å². The highest BCUT2D eigenvalue weighted by atomic mass is 35.5. The van der Waals surface area contributed by atoms with Gasteiger partial charge in [-0.25, -0.2) is 0 Å². The van der Waals surface area contributed by atoms with Gasteiger partial charge >= 0.3 is 0 Å². The summed E-state index contributed by atoms with van der Waals surface area (Å²) in [6, 6.07) is 17.0. The third-order valence-electron chi connectivity index (χ3n) is 5.18. The predicted octanol–water partition coefficient (Wildman–Crippen LogP) is 3.10. The largest absolute Gasteiger partial charge is 0.345 e. The van der Waals surface area contributed by atoms with Crippen LogP contribution >= 0.6 is 12.4 Å². The van der Waals surface area contributed by atoms with E-state index in [2.05, 4.69) is 10.6 Å². The van der Waals surface area contributed by atoms with Crippen LogP contribution in [0, 0.1) is 6.92 Å². The van der Waals surface area contributed by atoms with E-state index in [0.717, 1.165) is 30.6 Å². The highest BCUT2D eigenvalue weighted by molar-refractivity contribution is 5.94. The number of carbonyl (C=O) groups is 2. The molecule has 2 aromatic rings. The van der Waals surface area contributed by atoms with E-state index in [4.69, 9.17) is 0 Å². The molecule has 6 heteroatoms. The van der Waals surface area contributed by atoms with Crippen LogP contribution in [0.2, 0.25) is 0 Å². The number of nitrogens with zero attached hydrogens (tertiary/aromatic N) is 1. The standard InChI is InChI=1S/C22H27N3O2.ClH/c1-16-8-10-18(11-9-16)22(27)24-20(17-6-4-3-5-7-17)14-21(26)25(2)19-12-13-23-15-19;/h3-11,19-20,23H,12-15H2,1-2H3,(H,24,27);1H. The number of aryl methyl sites for hydroxylation is 1. The Bertz CT molecular complexity index is 774. The van der Waals surface area contributed by atoms with Gasteiger partial charge in [0.2, 0.25) is 5.91 Å².